The number of carbonyl (C=O) groups excluding carboxylic acids is 2. The van der Waals surface area contributed by atoms with E-state index in [1.165, 1.54) is 30.6 Å². The summed E-state index contributed by atoms with van der Waals surface area (Å²) in [6.45, 7) is 13.3. The molecule has 40 heavy (non-hydrogen) atoms. The first-order valence-electron chi connectivity index (χ1n) is 15.5. The molecule has 3 saturated carbocycles. The Labute approximate surface area is 240 Å². The van der Waals surface area contributed by atoms with Gasteiger partial charge in [-0.25, -0.2) is 9.97 Å². The number of Topliss-reactive ketones (excluding diaryl/α,β-unsaturated/α-hetero) is 1. The van der Waals surface area contributed by atoms with Gasteiger partial charge in [-0.15, -0.1) is 0 Å². The molecule has 3 fully saturated rings. The Hall–Kier alpha value is -2.48. The molecule has 0 aromatic carbocycles. The van der Waals surface area contributed by atoms with Crippen molar-refractivity contribution in [1.82, 2.24) is 19.1 Å². The van der Waals surface area contributed by atoms with E-state index in [1.54, 1.807) is 50.9 Å². The van der Waals surface area contributed by atoms with Crippen molar-refractivity contribution in [3.05, 3.63) is 36.4 Å². The topological polar surface area (TPSA) is 99.2 Å². The van der Waals surface area contributed by atoms with Crippen molar-refractivity contribution in [1.29, 1.82) is 0 Å². The smallest absolute Gasteiger partial charge is 0.307 e. The van der Waals surface area contributed by atoms with E-state index in [4.69, 9.17) is 9.84 Å². The molecule has 5 atom stereocenters. The van der Waals surface area contributed by atoms with Crippen LogP contribution in [0.1, 0.15) is 116 Å². The molecular weight excluding hydrogens is 504 g/mol. The van der Waals surface area contributed by atoms with Crippen LogP contribution < -0.4 is 0 Å². The minimum absolute atomic E-state index is 0.126. The summed E-state index contributed by atoms with van der Waals surface area (Å²) in [4.78, 5) is 30.9. The predicted molar refractivity (Wildman–Crippen MR) is 157 cm³/mol. The minimum atomic E-state index is -0.865. The maximum Gasteiger partial charge on any atom is 0.307 e. The maximum atomic E-state index is 11.2. The van der Waals surface area contributed by atoms with Crippen LogP contribution in [0.15, 0.2) is 24.8 Å². The number of ketones is 1. The number of aromatic nitrogens is 4. The van der Waals surface area contributed by atoms with E-state index in [-0.39, 0.29) is 11.8 Å². The molecule has 5 rings (SSSR count). The highest BCUT2D eigenvalue weighted by Crippen LogP contribution is 2.58. The lowest BCUT2D eigenvalue weighted by Crippen LogP contribution is -2.18. The molecule has 2 aromatic rings. The van der Waals surface area contributed by atoms with Gasteiger partial charge in [0, 0.05) is 56.1 Å². The van der Waals surface area contributed by atoms with Gasteiger partial charge in [0.1, 0.15) is 17.8 Å². The number of aliphatic hydroxyl groups is 1. The number of aryl methyl sites for hydroxylation is 2. The number of nitrogens with zero attached hydrogens (tertiary/aromatic N) is 4. The van der Waals surface area contributed by atoms with Crippen LogP contribution in [0, 0.1) is 23.7 Å². The first-order chi connectivity index (χ1) is 19.1. The number of hydrogen-bond acceptors (Lipinski definition) is 6. The number of hydrogen-bond donors (Lipinski definition) is 1. The number of esters is 1. The van der Waals surface area contributed by atoms with Crippen molar-refractivity contribution in [3.63, 3.8) is 0 Å². The maximum absolute atomic E-state index is 11.2. The summed E-state index contributed by atoms with van der Waals surface area (Å²) in [5.74, 6) is 7.24. The quantitative estimate of drug-likeness (QED) is 0.353. The third-order valence-corrected chi connectivity index (χ3v) is 8.80. The molecule has 0 radical (unpaired) electrons. The Balaban J connectivity index is 0.000000168. The van der Waals surface area contributed by atoms with E-state index < -0.39 is 6.10 Å². The molecule has 3 aliphatic carbocycles. The van der Waals surface area contributed by atoms with Crippen LogP contribution in [0.25, 0.3) is 0 Å². The van der Waals surface area contributed by atoms with Gasteiger partial charge in [0.25, 0.3) is 0 Å². The molecule has 8 heteroatoms. The summed E-state index contributed by atoms with van der Waals surface area (Å²) in [5.41, 5.74) is 0. The second-order valence-electron chi connectivity index (χ2n) is 12.3. The highest BCUT2D eigenvalue weighted by molar-refractivity contribution is 5.82. The van der Waals surface area contributed by atoms with E-state index in [1.807, 2.05) is 28.5 Å². The van der Waals surface area contributed by atoms with E-state index in [0.717, 1.165) is 11.6 Å². The van der Waals surface area contributed by atoms with Crippen LogP contribution in [0.4, 0.5) is 0 Å². The highest BCUT2D eigenvalue weighted by Gasteiger charge is 2.48. The van der Waals surface area contributed by atoms with Gasteiger partial charge in [0.05, 0.1) is 13.0 Å². The molecule has 3 aliphatic rings. The molecule has 8 nitrogen and oxygen atoms in total. The van der Waals surface area contributed by atoms with Crippen LogP contribution in [-0.2, 0) is 27.4 Å². The summed E-state index contributed by atoms with van der Waals surface area (Å²) in [7, 11) is 0. The SMILES string of the molecule is C1CC2C3CCC(C3)C2C1.CC(O)C(=O)CCn1ccnc1C(C)C.CCOC(=O)CCn1ccnc1C(C)C. The normalized spacial score (nSPS) is 23.3. The highest BCUT2D eigenvalue weighted by atomic mass is 16.5. The third-order valence-electron chi connectivity index (χ3n) is 8.80. The van der Waals surface area contributed by atoms with Crippen LogP contribution in [0.2, 0.25) is 0 Å². The first-order valence-corrected chi connectivity index (χ1v) is 15.5. The predicted octanol–water partition coefficient (Wildman–Crippen LogP) is 6.14. The molecule has 0 aliphatic heterocycles. The lowest BCUT2D eigenvalue weighted by molar-refractivity contribution is -0.143. The lowest BCUT2D eigenvalue weighted by atomic mass is 9.82. The van der Waals surface area contributed by atoms with Crippen molar-refractivity contribution in [2.75, 3.05) is 6.61 Å². The molecule has 224 valence electrons. The van der Waals surface area contributed by atoms with Gasteiger partial charge in [-0.1, -0.05) is 34.1 Å². The summed E-state index contributed by atoms with van der Waals surface area (Å²) in [6, 6.07) is 0. The van der Waals surface area contributed by atoms with Crippen LogP contribution >= 0.6 is 0 Å². The summed E-state index contributed by atoms with van der Waals surface area (Å²) >= 11 is 0. The van der Waals surface area contributed by atoms with E-state index in [9.17, 15) is 9.59 Å². The fourth-order valence-electron chi connectivity index (χ4n) is 6.92. The standard InChI is InChI=1S/2C11H18N2O2.C10H16/c1-8(2)11-12-5-7-13(11)6-4-10(15)9(3)14;1-4-15-10(14)5-7-13-8-6-12-11(13)9(2)3;1-2-9-7-4-5-8(6-7)10(9)3-1/h5,7-9,14H,4,6H2,1-3H3;6,8-9H,4-5,7H2,1-3H3;7-10H,1-6H2. The van der Waals surface area contributed by atoms with Gasteiger partial charge in [0.2, 0.25) is 0 Å². The zero-order valence-electron chi connectivity index (χ0n) is 25.6. The number of fused-ring (bicyclic) bond motifs is 5. The first kappa shape index (κ1) is 32.0. The fraction of sp³-hybridized carbons (Fsp3) is 0.750. The molecule has 2 aromatic heterocycles. The molecule has 0 spiro atoms. The molecule has 0 amide bonds. The Morgan fingerprint density at radius 3 is 1.82 bits per heavy atom. The van der Waals surface area contributed by atoms with Gasteiger partial charge in [-0.05, 0) is 69.6 Å². The summed E-state index contributed by atoms with van der Waals surface area (Å²) in [6.07, 6.45) is 16.7. The molecule has 2 heterocycles. The monoisotopic (exact) mass is 556 g/mol. The second kappa shape index (κ2) is 15.5. The van der Waals surface area contributed by atoms with Crippen molar-refractivity contribution in [2.24, 2.45) is 23.7 Å². The average Bonchev–Trinajstić information content (AvgIpc) is 3.74. The number of ether oxygens (including phenoxy) is 1. The summed E-state index contributed by atoms with van der Waals surface area (Å²) < 4.78 is 8.83. The number of imidazole rings is 2. The van der Waals surface area contributed by atoms with E-state index in [2.05, 4.69) is 37.7 Å². The zero-order chi connectivity index (χ0) is 29.2. The summed E-state index contributed by atoms with van der Waals surface area (Å²) in [5, 5.41) is 9.05. The van der Waals surface area contributed by atoms with Crippen LogP contribution in [0.5, 0.6) is 0 Å². The largest absolute Gasteiger partial charge is 0.466 e. The molecule has 2 bridgehead atoms. The van der Waals surface area contributed by atoms with Crippen molar-refractivity contribution in [2.45, 2.75) is 124 Å². The minimum Gasteiger partial charge on any atom is -0.466 e. The molecular formula is C32H52N4O4. The Kier molecular flexibility index (Phi) is 12.4. The molecule has 1 N–H and O–H groups in total. The van der Waals surface area contributed by atoms with E-state index >= 15 is 0 Å². The Bertz CT molecular complexity index is 1040. The lowest BCUT2D eigenvalue weighted by Gasteiger charge is -2.23. The Morgan fingerprint density at radius 2 is 1.38 bits per heavy atom. The van der Waals surface area contributed by atoms with Gasteiger partial charge in [-0.3, -0.25) is 9.59 Å². The second-order valence-corrected chi connectivity index (χ2v) is 12.3. The zero-order valence-corrected chi connectivity index (χ0v) is 25.6. The van der Waals surface area contributed by atoms with Gasteiger partial charge >= 0.3 is 5.97 Å². The van der Waals surface area contributed by atoms with Crippen LogP contribution in [0.3, 0.4) is 0 Å². The fourth-order valence-corrected chi connectivity index (χ4v) is 6.92. The van der Waals surface area contributed by atoms with E-state index in [0.29, 0.717) is 44.4 Å². The van der Waals surface area contributed by atoms with Crippen LogP contribution in [-0.4, -0.2) is 48.7 Å². The average molecular weight is 557 g/mol. The number of aliphatic hydroxyl groups excluding tert-OH is 1. The van der Waals surface area contributed by atoms with Gasteiger partial charge in [0.15, 0.2) is 5.78 Å². The van der Waals surface area contributed by atoms with Crippen molar-refractivity contribution < 1.29 is 19.4 Å². The van der Waals surface area contributed by atoms with Crippen molar-refractivity contribution in [3.8, 4) is 0 Å². The molecule has 5 unspecified atom stereocenters. The van der Waals surface area contributed by atoms with Crippen molar-refractivity contribution >= 4 is 11.8 Å². The van der Waals surface area contributed by atoms with Gasteiger partial charge in [-0.2, -0.15) is 0 Å². The Morgan fingerprint density at radius 1 is 0.875 bits per heavy atom. The third kappa shape index (κ3) is 8.76. The number of rotatable bonds is 10. The molecule has 0 saturated heterocycles. The number of carbonyl (C=O) groups is 2. The van der Waals surface area contributed by atoms with Gasteiger partial charge < -0.3 is 19.0 Å².